The van der Waals surface area contributed by atoms with Crippen molar-refractivity contribution in [2.75, 3.05) is 20.8 Å². The van der Waals surface area contributed by atoms with Crippen molar-refractivity contribution >= 4 is 28.6 Å². The van der Waals surface area contributed by atoms with E-state index in [1.807, 2.05) is 99.6 Å². The number of fused-ring (bicyclic) bond motifs is 1. The highest BCUT2D eigenvalue weighted by molar-refractivity contribution is 5.92. The van der Waals surface area contributed by atoms with Crippen molar-refractivity contribution in [3.8, 4) is 17.2 Å². The molecule has 0 aromatic heterocycles. The lowest BCUT2D eigenvalue weighted by molar-refractivity contribution is -0.157. The van der Waals surface area contributed by atoms with Gasteiger partial charge in [0.05, 0.1) is 20.6 Å². The lowest BCUT2D eigenvalue weighted by atomic mass is 9.94. The monoisotopic (exact) mass is 680 g/mol. The van der Waals surface area contributed by atoms with Crippen LogP contribution in [0.2, 0.25) is 0 Å². The standard InChI is InChI=1S/C41H48N2O7/c1-41(2,3)50-38(45)27-49-36-22-17-30-24-32(16-15-31(30)25-36)39(40(46)42-33-9-7-6-8-10-33)43(26-29-13-20-35(48-5)21-14-29)37(44)23-28-11-18-34(47-4)19-12-28/h11-22,24-25,33,39H,6-10,23,26-27H2,1-5H3,(H,42,46). The maximum Gasteiger partial charge on any atom is 0.344 e. The number of rotatable bonds is 13. The molecule has 0 spiro atoms. The average molecular weight is 681 g/mol. The molecule has 264 valence electrons. The molecule has 4 aromatic carbocycles. The van der Waals surface area contributed by atoms with E-state index >= 15 is 0 Å². The van der Waals surface area contributed by atoms with Gasteiger partial charge in [-0.25, -0.2) is 4.79 Å². The van der Waals surface area contributed by atoms with Crippen LogP contribution in [0.25, 0.3) is 10.8 Å². The topological polar surface area (TPSA) is 103 Å². The first-order valence-corrected chi connectivity index (χ1v) is 17.3. The SMILES string of the molecule is COc1ccc(CC(=O)N(Cc2ccc(OC)cc2)C(C(=O)NC2CCCCC2)c2ccc3cc(OCC(=O)OC(C)(C)C)ccc3c2)cc1. The molecule has 9 nitrogen and oxygen atoms in total. The molecule has 0 bridgehead atoms. The van der Waals surface area contributed by atoms with Gasteiger partial charge in [-0.2, -0.15) is 0 Å². The number of nitrogens with one attached hydrogen (secondary N) is 1. The molecule has 2 amide bonds. The van der Waals surface area contributed by atoms with Crippen LogP contribution < -0.4 is 19.5 Å². The Balaban J connectivity index is 1.49. The van der Waals surface area contributed by atoms with Crippen LogP contribution in [0.4, 0.5) is 0 Å². The third-order valence-electron chi connectivity index (χ3n) is 8.79. The van der Waals surface area contributed by atoms with Crippen LogP contribution in [-0.2, 0) is 32.1 Å². The van der Waals surface area contributed by atoms with E-state index in [1.54, 1.807) is 25.2 Å². The number of hydrogen-bond donors (Lipinski definition) is 1. The highest BCUT2D eigenvalue weighted by Crippen LogP contribution is 2.31. The molecule has 1 aliphatic rings. The van der Waals surface area contributed by atoms with E-state index in [4.69, 9.17) is 18.9 Å². The molecule has 4 aromatic rings. The van der Waals surface area contributed by atoms with Crippen LogP contribution in [0.5, 0.6) is 17.2 Å². The fraction of sp³-hybridized carbons (Fsp3) is 0.390. The number of hydrogen-bond acceptors (Lipinski definition) is 7. The van der Waals surface area contributed by atoms with Gasteiger partial charge in [-0.3, -0.25) is 9.59 Å². The second-order valence-corrected chi connectivity index (χ2v) is 13.8. The van der Waals surface area contributed by atoms with Crippen LogP contribution in [0, 0.1) is 0 Å². The lowest BCUT2D eigenvalue weighted by Crippen LogP contribution is -2.47. The highest BCUT2D eigenvalue weighted by Gasteiger charge is 2.33. The normalized spacial score (nSPS) is 14.0. The van der Waals surface area contributed by atoms with Crippen LogP contribution in [0.1, 0.15) is 75.6 Å². The number of carbonyl (C=O) groups is 3. The smallest absolute Gasteiger partial charge is 0.344 e. The van der Waals surface area contributed by atoms with Crippen LogP contribution in [0.15, 0.2) is 84.9 Å². The van der Waals surface area contributed by atoms with Gasteiger partial charge in [-0.15, -0.1) is 0 Å². The highest BCUT2D eigenvalue weighted by atomic mass is 16.6. The van der Waals surface area contributed by atoms with E-state index in [0.717, 1.165) is 54.0 Å². The Labute approximate surface area is 294 Å². The van der Waals surface area contributed by atoms with Crippen LogP contribution in [0.3, 0.4) is 0 Å². The number of carbonyl (C=O) groups excluding carboxylic acids is 3. The third-order valence-corrected chi connectivity index (χ3v) is 8.79. The molecule has 1 atom stereocenters. The minimum absolute atomic E-state index is 0.0587. The number of amides is 2. The second kappa shape index (κ2) is 16.6. The Morgan fingerprint density at radius 2 is 1.34 bits per heavy atom. The quantitative estimate of drug-likeness (QED) is 0.148. The lowest BCUT2D eigenvalue weighted by Gasteiger charge is -2.34. The molecule has 0 aliphatic heterocycles. The van der Waals surface area contributed by atoms with Crippen molar-refractivity contribution in [3.05, 3.63) is 102 Å². The summed E-state index contributed by atoms with van der Waals surface area (Å²) in [5.74, 6) is 1.11. The zero-order valence-electron chi connectivity index (χ0n) is 29.7. The number of ether oxygens (including phenoxy) is 4. The van der Waals surface area contributed by atoms with E-state index in [0.29, 0.717) is 22.8 Å². The first kappa shape index (κ1) is 36.2. The fourth-order valence-corrected chi connectivity index (χ4v) is 6.29. The Morgan fingerprint density at radius 1 is 0.760 bits per heavy atom. The zero-order chi connectivity index (χ0) is 35.7. The minimum atomic E-state index is -0.891. The van der Waals surface area contributed by atoms with Gasteiger partial charge >= 0.3 is 5.97 Å². The summed E-state index contributed by atoms with van der Waals surface area (Å²) < 4.78 is 21.8. The average Bonchev–Trinajstić information content (AvgIpc) is 3.10. The number of methoxy groups -OCH3 is 2. The van der Waals surface area contributed by atoms with E-state index in [2.05, 4.69) is 5.32 Å². The Bertz CT molecular complexity index is 1760. The first-order chi connectivity index (χ1) is 24.0. The molecule has 1 N–H and O–H groups in total. The molecular weight excluding hydrogens is 632 g/mol. The molecule has 1 aliphatic carbocycles. The van der Waals surface area contributed by atoms with E-state index in [1.165, 1.54) is 0 Å². The number of esters is 1. The van der Waals surface area contributed by atoms with Gasteiger partial charge in [-0.1, -0.05) is 61.7 Å². The van der Waals surface area contributed by atoms with Gasteiger partial charge in [0.2, 0.25) is 11.8 Å². The minimum Gasteiger partial charge on any atom is -0.497 e. The molecule has 0 radical (unpaired) electrons. The number of nitrogens with zero attached hydrogens (tertiary/aromatic N) is 1. The summed E-state index contributed by atoms with van der Waals surface area (Å²) in [6.07, 6.45) is 5.24. The summed E-state index contributed by atoms with van der Waals surface area (Å²) in [5.41, 5.74) is 1.79. The summed E-state index contributed by atoms with van der Waals surface area (Å²) in [6, 6.07) is 25.4. The van der Waals surface area contributed by atoms with Crippen molar-refractivity contribution < 1.29 is 33.3 Å². The van der Waals surface area contributed by atoms with E-state index in [-0.39, 0.29) is 37.4 Å². The summed E-state index contributed by atoms with van der Waals surface area (Å²) in [4.78, 5) is 42.7. The zero-order valence-corrected chi connectivity index (χ0v) is 29.7. The van der Waals surface area contributed by atoms with Crippen molar-refractivity contribution in [2.24, 2.45) is 0 Å². The predicted octanol–water partition coefficient (Wildman–Crippen LogP) is 7.34. The third kappa shape index (κ3) is 10.00. The Morgan fingerprint density at radius 3 is 1.96 bits per heavy atom. The van der Waals surface area contributed by atoms with Crippen molar-refractivity contribution in [2.45, 2.75) is 83.5 Å². The second-order valence-electron chi connectivity index (χ2n) is 13.8. The van der Waals surface area contributed by atoms with Gasteiger partial charge in [-0.05, 0) is 104 Å². The Hall–Kier alpha value is -5.05. The molecule has 1 fully saturated rings. The van der Waals surface area contributed by atoms with Crippen molar-refractivity contribution in [1.82, 2.24) is 10.2 Å². The van der Waals surface area contributed by atoms with Crippen LogP contribution in [-0.4, -0.2) is 55.2 Å². The Kier molecular flexibility index (Phi) is 12.0. The van der Waals surface area contributed by atoms with Crippen LogP contribution >= 0.6 is 0 Å². The van der Waals surface area contributed by atoms with E-state index < -0.39 is 17.6 Å². The van der Waals surface area contributed by atoms with Gasteiger partial charge in [0, 0.05) is 12.6 Å². The summed E-state index contributed by atoms with van der Waals surface area (Å²) in [5, 5.41) is 5.04. The molecule has 9 heteroatoms. The molecule has 0 heterocycles. The molecular formula is C41H48N2O7. The molecule has 50 heavy (non-hydrogen) atoms. The molecule has 1 saturated carbocycles. The largest absolute Gasteiger partial charge is 0.497 e. The van der Waals surface area contributed by atoms with Gasteiger partial charge < -0.3 is 29.2 Å². The maximum absolute atomic E-state index is 14.4. The summed E-state index contributed by atoms with van der Waals surface area (Å²) >= 11 is 0. The van der Waals surface area contributed by atoms with Gasteiger partial charge in [0.1, 0.15) is 28.9 Å². The predicted molar refractivity (Wildman–Crippen MR) is 193 cm³/mol. The molecule has 0 saturated heterocycles. The van der Waals surface area contributed by atoms with Crippen molar-refractivity contribution in [1.29, 1.82) is 0 Å². The van der Waals surface area contributed by atoms with Gasteiger partial charge in [0.15, 0.2) is 6.61 Å². The number of benzene rings is 4. The van der Waals surface area contributed by atoms with Gasteiger partial charge in [0.25, 0.3) is 0 Å². The summed E-state index contributed by atoms with van der Waals surface area (Å²) in [7, 11) is 3.22. The van der Waals surface area contributed by atoms with Crippen molar-refractivity contribution in [3.63, 3.8) is 0 Å². The molecule has 5 rings (SSSR count). The first-order valence-electron chi connectivity index (χ1n) is 17.3. The van der Waals surface area contributed by atoms with E-state index in [9.17, 15) is 14.4 Å². The summed E-state index contributed by atoms with van der Waals surface area (Å²) in [6.45, 7) is 5.45. The maximum atomic E-state index is 14.4. The fourth-order valence-electron chi connectivity index (χ4n) is 6.29. The molecule has 1 unspecified atom stereocenters.